The van der Waals surface area contributed by atoms with E-state index in [9.17, 15) is 10.2 Å². The van der Waals surface area contributed by atoms with Gasteiger partial charge < -0.3 is 10.2 Å². The molecule has 2 nitrogen and oxygen atoms in total. The Morgan fingerprint density at radius 3 is 2.42 bits per heavy atom. The zero-order valence-corrected chi connectivity index (χ0v) is 17.4. The Balaban J connectivity index is 2.08. The molecule has 0 aliphatic heterocycles. The fourth-order valence-corrected chi connectivity index (χ4v) is 4.75. The van der Waals surface area contributed by atoms with Crippen LogP contribution in [0.15, 0.2) is 18.2 Å². The second-order valence-electron chi connectivity index (χ2n) is 9.18. The summed E-state index contributed by atoms with van der Waals surface area (Å²) in [6.07, 6.45) is 11.2. The van der Waals surface area contributed by atoms with Crippen molar-refractivity contribution in [2.45, 2.75) is 109 Å². The third-order valence-electron chi connectivity index (χ3n) is 6.38. The predicted molar refractivity (Wildman–Crippen MR) is 111 cm³/mol. The first kappa shape index (κ1) is 21.3. The summed E-state index contributed by atoms with van der Waals surface area (Å²) in [6, 6.07) is 6.33. The molecule has 3 atom stereocenters. The molecule has 0 saturated heterocycles. The molecular formula is C24H40O2. The average Bonchev–Trinajstić information content (AvgIpc) is 2.58. The Hall–Kier alpha value is -1.02. The van der Waals surface area contributed by atoms with E-state index in [1.807, 2.05) is 6.07 Å². The van der Waals surface area contributed by atoms with Crippen LogP contribution in [0.1, 0.15) is 109 Å². The van der Waals surface area contributed by atoms with Crippen molar-refractivity contribution >= 4 is 0 Å². The number of unbranched alkanes of at least 4 members (excludes halogenated alkanes) is 3. The maximum absolute atomic E-state index is 10.7. The molecule has 1 aromatic rings. The van der Waals surface area contributed by atoms with E-state index in [0.29, 0.717) is 11.7 Å². The number of hydrogen-bond acceptors (Lipinski definition) is 2. The lowest BCUT2D eigenvalue weighted by Crippen LogP contribution is -2.25. The molecule has 3 unspecified atom stereocenters. The standard InChI is InChI=1S/C24H40O2/c1-5-7-8-9-13-24(3,4)20-11-12-22(23(26)17-20)19-14-18(10-6-2)15-21(25)16-19/h11-12,17-19,21,25-26H,5-10,13-16H2,1-4H3. The second kappa shape index (κ2) is 9.78. The molecule has 0 amide bonds. The molecular weight excluding hydrogens is 320 g/mol. The van der Waals surface area contributed by atoms with Crippen LogP contribution in [0.3, 0.4) is 0 Å². The number of benzene rings is 1. The van der Waals surface area contributed by atoms with Crippen molar-refractivity contribution in [2.24, 2.45) is 5.92 Å². The summed E-state index contributed by atoms with van der Waals surface area (Å²) in [7, 11) is 0. The van der Waals surface area contributed by atoms with E-state index < -0.39 is 0 Å². The van der Waals surface area contributed by atoms with Gasteiger partial charge in [0.05, 0.1) is 6.10 Å². The Bertz CT molecular complexity index is 549. The Labute approximate surface area is 161 Å². The maximum Gasteiger partial charge on any atom is 0.119 e. The first-order valence-corrected chi connectivity index (χ1v) is 10.9. The SMILES string of the molecule is CCCCCCC(C)(C)c1ccc(C2CC(O)CC(CCC)C2)c(O)c1. The van der Waals surface area contributed by atoms with Gasteiger partial charge in [-0.1, -0.05) is 78.4 Å². The van der Waals surface area contributed by atoms with Gasteiger partial charge in [0.2, 0.25) is 0 Å². The van der Waals surface area contributed by atoms with Crippen molar-refractivity contribution in [3.05, 3.63) is 29.3 Å². The van der Waals surface area contributed by atoms with E-state index in [0.717, 1.165) is 31.2 Å². The molecule has 0 bridgehead atoms. The smallest absolute Gasteiger partial charge is 0.119 e. The minimum atomic E-state index is -0.223. The van der Waals surface area contributed by atoms with Gasteiger partial charge in [0.25, 0.3) is 0 Å². The van der Waals surface area contributed by atoms with Crippen LogP contribution in [0.4, 0.5) is 0 Å². The molecule has 1 aliphatic rings. The van der Waals surface area contributed by atoms with Gasteiger partial charge in [0.15, 0.2) is 0 Å². The molecule has 0 aromatic heterocycles. The number of phenolic OH excluding ortho intramolecular Hbond substituents is 1. The van der Waals surface area contributed by atoms with E-state index in [1.54, 1.807) is 0 Å². The number of phenols is 1. The van der Waals surface area contributed by atoms with E-state index in [2.05, 4.69) is 39.8 Å². The van der Waals surface area contributed by atoms with Gasteiger partial charge in [-0.25, -0.2) is 0 Å². The molecule has 0 spiro atoms. The van der Waals surface area contributed by atoms with Gasteiger partial charge in [0, 0.05) is 0 Å². The van der Waals surface area contributed by atoms with Crippen LogP contribution < -0.4 is 0 Å². The second-order valence-corrected chi connectivity index (χ2v) is 9.18. The zero-order valence-electron chi connectivity index (χ0n) is 17.4. The third kappa shape index (κ3) is 5.74. The van der Waals surface area contributed by atoms with Gasteiger partial charge in [-0.2, -0.15) is 0 Å². The van der Waals surface area contributed by atoms with Crippen LogP contribution in [0.25, 0.3) is 0 Å². The summed E-state index contributed by atoms with van der Waals surface area (Å²) in [4.78, 5) is 0. The largest absolute Gasteiger partial charge is 0.508 e. The lowest BCUT2D eigenvalue weighted by Gasteiger charge is -2.33. The van der Waals surface area contributed by atoms with Crippen LogP contribution in [0.5, 0.6) is 5.75 Å². The molecule has 0 radical (unpaired) electrons. The number of aliphatic hydroxyl groups excluding tert-OH is 1. The summed E-state index contributed by atoms with van der Waals surface area (Å²) in [5.74, 6) is 1.30. The lowest BCUT2D eigenvalue weighted by molar-refractivity contribution is 0.0858. The van der Waals surface area contributed by atoms with Crippen LogP contribution in [0.2, 0.25) is 0 Å². The summed E-state index contributed by atoms with van der Waals surface area (Å²) >= 11 is 0. The van der Waals surface area contributed by atoms with Crippen molar-refractivity contribution in [3.8, 4) is 5.75 Å². The molecule has 2 rings (SSSR count). The molecule has 1 aromatic carbocycles. The predicted octanol–water partition coefficient (Wildman–Crippen LogP) is 6.68. The number of aliphatic hydroxyl groups is 1. The number of aromatic hydroxyl groups is 1. The Morgan fingerprint density at radius 2 is 1.77 bits per heavy atom. The highest BCUT2D eigenvalue weighted by molar-refractivity contribution is 5.41. The molecule has 26 heavy (non-hydrogen) atoms. The van der Waals surface area contributed by atoms with Crippen molar-refractivity contribution in [1.82, 2.24) is 0 Å². The third-order valence-corrected chi connectivity index (χ3v) is 6.38. The normalized spacial score (nSPS) is 24.0. The van der Waals surface area contributed by atoms with Crippen LogP contribution in [0, 0.1) is 5.92 Å². The minimum Gasteiger partial charge on any atom is -0.508 e. The van der Waals surface area contributed by atoms with Crippen molar-refractivity contribution < 1.29 is 10.2 Å². The van der Waals surface area contributed by atoms with Gasteiger partial charge in [-0.05, 0) is 60.1 Å². The Morgan fingerprint density at radius 1 is 1.00 bits per heavy atom. The highest BCUT2D eigenvalue weighted by atomic mass is 16.3. The van der Waals surface area contributed by atoms with Crippen molar-refractivity contribution in [3.63, 3.8) is 0 Å². The van der Waals surface area contributed by atoms with Gasteiger partial charge in [-0.3, -0.25) is 0 Å². The van der Waals surface area contributed by atoms with Gasteiger partial charge in [0.1, 0.15) is 5.75 Å². The van der Waals surface area contributed by atoms with E-state index >= 15 is 0 Å². The van der Waals surface area contributed by atoms with Crippen LogP contribution in [-0.4, -0.2) is 16.3 Å². The molecule has 2 N–H and O–H groups in total. The quantitative estimate of drug-likeness (QED) is 0.482. The molecule has 1 saturated carbocycles. The fourth-order valence-electron chi connectivity index (χ4n) is 4.75. The van der Waals surface area contributed by atoms with Gasteiger partial charge in [-0.15, -0.1) is 0 Å². The van der Waals surface area contributed by atoms with Crippen LogP contribution in [-0.2, 0) is 5.41 Å². The van der Waals surface area contributed by atoms with Crippen LogP contribution >= 0.6 is 0 Å². The topological polar surface area (TPSA) is 40.5 Å². The van der Waals surface area contributed by atoms with E-state index in [1.165, 1.54) is 44.1 Å². The summed E-state index contributed by atoms with van der Waals surface area (Å²) in [5.41, 5.74) is 2.37. The lowest BCUT2D eigenvalue weighted by atomic mass is 9.73. The highest BCUT2D eigenvalue weighted by Crippen LogP contribution is 2.42. The average molecular weight is 361 g/mol. The Kier molecular flexibility index (Phi) is 8.01. The number of rotatable bonds is 9. The molecule has 1 aliphatic carbocycles. The van der Waals surface area contributed by atoms with E-state index in [4.69, 9.17) is 0 Å². The highest BCUT2D eigenvalue weighted by Gasteiger charge is 2.30. The fraction of sp³-hybridized carbons (Fsp3) is 0.750. The number of hydrogen-bond donors (Lipinski definition) is 2. The molecule has 148 valence electrons. The monoisotopic (exact) mass is 360 g/mol. The first-order chi connectivity index (χ1) is 12.4. The molecule has 0 heterocycles. The maximum atomic E-state index is 10.7. The summed E-state index contributed by atoms with van der Waals surface area (Å²) in [5, 5.41) is 21.0. The molecule has 2 heteroatoms. The van der Waals surface area contributed by atoms with Gasteiger partial charge >= 0.3 is 0 Å². The van der Waals surface area contributed by atoms with Crippen molar-refractivity contribution in [1.29, 1.82) is 0 Å². The van der Waals surface area contributed by atoms with Crippen molar-refractivity contribution in [2.75, 3.05) is 0 Å². The zero-order chi connectivity index (χ0) is 19.2. The minimum absolute atomic E-state index is 0.0978. The summed E-state index contributed by atoms with van der Waals surface area (Å²) < 4.78 is 0. The summed E-state index contributed by atoms with van der Waals surface area (Å²) in [6.45, 7) is 9.03. The molecule has 1 fully saturated rings. The first-order valence-electron chi connectivity index (χ1n) is 10.9. The van der Waals surface area contributed by atoms with E-state index in [-0.39, 0.29) is 17.4 Å².